The van der Waals surface area contributed by atoms with Crippen molar-refractivity contribution in [2.75, 3.05) is 38.7 Å². The number of para-hydroxylation sites is 1. The van der Waals surface area contributed by atoms with Crippen molar-refractivity contribution in [3.8, 4) is 5.75 Å². The average molecular weight is 636 g/mol. The van der Waals surface area contributed by atoms with Crippen LogP contribution in [-0.4, -0.2) is 67.8 Å². The number of ether oxygens (including phenoxy) is 1. The van der Waals surface area contributed by atoms with E-state index in [0.717, 1.165) is 34.3 Å². The molecule has 2 atom stereocenters. The molecule has 1 aliphatic heterocycles. The number of ketones is 1. The number of aliphatic hydroxyl groups excluding tert-OH is 1. The normalized spacial score (nSPS) is 13.3. The van der Waals surface area contributed by atoms with Gasteiger partial charge in [-0.1, -0.05) is 87.1 Å². The lowest BCUT2D eigenvalue weighted by atomic mass is 10.1. The third-order valence-electron chi connectivity index (χ3n) is 7.54. The SMILES string of the molecule is CC(C)NCC(O)COc1cccc2ccccc12.CCC(=O)c1ccc2c(c1)N(CC(C)N(C)C)c1ccccc1S2.Cl. The van der Waals surface area contributed by atoms with Gasteiger partial charge in [0.25, 0.3) is 0 Å². The van der Waals surface area contributed by atoms with Crippen LogP contribution in [0.15, 0.2) is 94.7 Å². The number of carbonyl (C=O) groups is 1. The zero-order valence-electron chi connectivity index (χ0n) is 26.6. The fourth-order valence-electron chi connectivity index (χ4n) is 4.77. The number of halogens is 1. The number of hydrogen-bond acceptors (Lipinski definition) is 7. The largest absolute Gasteiger partial charge is 0.490 e. The van der Waals surface area contributed by atoms with E-state index in [2.05, 4.69) is 98.5 Å². The molecule has 0 aromatic heterocycles. The molecule has 2 N–H and O–H groups in total. The Morgan fingerprint density at radius 1 is 0.932 bits per heavy atom. The number of benzene rings is 4. The molecule has 0 radical (unpaired) electrons. The minimum atomic E-state index is -0.499. The molecule has 4 aromatic rings. The number of aliphatic hydroxyl groups is 1. The van der Waals surface area contributed by atoms with Gasteiger partial charge in [-0.15, -0.1) is 12.4 Å². The van der Waals surface area contributed by atoms with Crippen molar-refractivity contribution in [1.29, 1.82) is 0 Å². The molecule has 4 aromatic carbocycles. The number of Topliss-reactive ketones (excluding diaryl/α,β-unsaturated/α-hetero) is 1. The molecule has 0 bridgehead atoms. The molecule has 2 unspecified atom stereocenters. The summed E-state index contributed by atoms with van der Waals surface area (Å²) in [6.45, 7) is 9.98. The van der Waals surface area contributed by atoms with E-state index in [-0.39, 0.29) is 18.2 Å². The summed E-state index contributed by atoms with van der Waals surface area (Å²) in [7, 11) is 4.21. The van der Waals surface area contributed by atoms with Crippen LogP contribution in [0.4, 0.5) is 11.4 Å². The molecule has 236 valence electrons. The minimum Gasteiger partial charge on any atom is -0.490 e. The fraction of sp³-hybridized carbons (Fsp3) is 0.361. The number of anilines is 2. The monoisotopic (exact) mass is 635 g/mol. The van der Waals surface area contributed by atoms with E-state index in [4.69, 9.17) is 4.74 Å². The van der Waals surface area contributed by atoms with Crippen LogP contribution in [0.5, 0.6) is 5.75 Å². The Kier molecular flexibility index (Phi) is 13.6. The number of nitrogens with one attached hydrogen (secondary N) is 1. The second-order valence-electron chi connectivity index (χ2n) is 11.5. The molecule has 5 rings (SSSR count). The lowest BCUT2D eigenvalue weighted by Crippen LogP contribution is -2.37. The zero-order valence-corrected chi connectivity index (χ0v) is 28.3. The van der Waals surface area contributed by atoms with Crippen molar-refractivity contribution < 1.29 is 14.6 Å². The summed E-state index contributed by atoms with van der Waals surface area (Å²) in [5.74, 6) is 1.02. The average Bonchev–Trinajstić information content (AvgIpc) is 3.02. The molecule has 44 heavy (non-hydrogen) atoms. The Bertz CT molecular complexity index is 1510. The number of rotatable bonds is 11. The van der Waals surface area contributed by atoms with E-state index < -0.39 is 6.10 Å². The van der Waals surface area contributed by atoms with Crippen LogP contribution < -0.4 is 15.0 Å². The molecular weight excluding hydrogens is 590 g/mol. The van der Waals surface area contributed by atoms with Crippen molar-refractivity contribution in [3.05, 3.63) is 90.5 Å². The van der Waals surface area contributed by atoms with Crippen molar-refractivity contribution in [2.45, 2.75) is 62.1 Å². The van der Waals surface area contributed by atoms with Crippen LogP contribution in [0.1, 0.15) is 44.5 Å². The predicted octanol–water partition coefficient (Wildman–Crippen LogP) is 7.83. The summed E-state index contributed by atoms with van der Waals surface area (Å²) in [6.07, 6.45) is 0.0396. The topological polar surface area (TPSA) is 65.0 Å². The molecule has 0 amide bonds. The first-order valence-corrected chi connectivity index (χ1v) is 15.9. The second kappa shape index (κ2) is 16.8. The maximum absolute atomic E-state index is 12.1. The van der Waals surface area contributed by atoms with Crippen LogP contribution in [0.2, 0.25) is 0 Å². The van der Waals surface area contributed by atoms with Crippen LogP contribution >= 0.6 is 24.2 Å². The lowest BCUT2D eigenvalue weighted by Gasteiger charge is -2.36. The van der Waals surface area contributed by atoms with Crippen LogP contribution in [0.25, 0.3) is 10.8 Å². The highest BCUT2D eigenvalue weighted by atomic mass is 35.5. The summed E-state index contributed by atoms with van der Waals surface area (Å²) in [5, 5.41) is 15.3. The number of hydrogen-bond donors (Lipinski definition) is 2. The molecular formula is C36H46ClN3O3S. The van der Waals surface area contributed by atoms with Crippen LogP contribution in [-0.2, 0) is 0 Å². The van der Waals surface area contributed by atoms with Gasteiger partial charge in [-0.2, -0.15) is 0 Å². The highest BCUT2D eigenvalue weighted by Gasteiger charge is 2.25. The van der Waals surface area contributed by atoms with Gasteiger partial charge < -0.3 is 25.0 Å². The number of carbonyl (C=O) groups excluding carboxylic acids is 1. The van der Waals surface area contributed by atoms with E-state index in [1.54, 1.807) is 11.8 Å². The van der Waals surface area contributed by atoms with E-state index in [9.17, 15) is 9.90 Å². The molecule has 1 aliphatic rings. The van der Waals surface area contributed by atoms with Gasteiger partial charge in [-0.25, -0.2) is 0 Å². The van der Waals surface area contributed by atoms with Crippen LogP contribution in [0.3, 0.4) is 0 Å². The Labute approximate surface area is 273 Å². The molecule has 6 nitrogen and oxygen atoms in total. The molecule has 0 spiro atoms. The molecule has 8 heteroatoms. The van der Waals surface area contributed by atoms with Gasteiger partial charge in [-0.3, -0.25) is 4.79 Å². The molecule has 0 fully saturated rings. The van der Waals surface area contributed by atoms with Gasteiger partial charge in [0.15, 0.2) is 5.78 Å². The first kappa shape index (κ1) is 35.4. The highest BCUT2D eigenvalue weighted by molar-refractivity contribution is 7.99. The molecule has 0 saturated heterocycles. The van der Waals surface area contributed by atoms with Gasteiger partial charge in [0.2, 0.25) is 0 Å². The summed E-state index contributed by atoms with van der Waals surface area (Å²) in [5.41, 5.74) is 3.18. The van der Waals surface area contributed by atoms with Gasteiger partial charge in [0.05, 0.1) is 11.4 Å². The Hall–Kier alpha value is -3.07. The maximum Gasteiger partial charge on any atom is 0.162 e. The smallest absolute Gasteiger partial charge is 0.162 e. The second-order valence-corrected chi connectivity index (χ2v) is 12.5. The minimum absolute atomic E-state index is 0. The van der Waals surface area contributed by atoms with E-state index in [1.165, 1.54) is 15.5 Å². The summed E-state index contributed by atoms with van der Waals surface area (Å²) in [6, 6.07) is 29.4. The maximum atomic E-state index is 12.1. The molecule has 0 saturated carbocycles. The van der Waals surface area contributed by atoms with Gasteiger partial charge in [0.1, 0.15) is 18.5 Å². The Morgan fingerprint density at radius 3 is 2.34 bits per heavy atom. The zero-order chi connectivity index (χ0) is 30.9. The standard InChI is InChI=1S/C20H24N2OS.C16H21NO2.ClH/c1-5-18(23)15-10-11-20-17(12-15)22(13-14(2)21(3)4)16-8-6-7-9-19(16)24-20;1-12(2)17-10-14(18)11-19-16-9-5-7-13-6-3-4-8-15(13)16;/h6-12,14H,5,13H2,1-4H3;3-9,12,14,17-18H,10-11H2,1-2H3;1H. The summed E-state index contributed by atoms with van der Waals surface area (Å²) >= 11 is 1.78. The third kappa shape index (κ3) is 9.22. The number of likely N-dealkylation sites (N-methyl/N-ethyl adjacent to an activating group) is 1. The van der Waals surface area contributed by atoms with Gasteiger partial charge in [0, 0.05) is 52.3 Å². The Morgan fingerprint density at radius 2 is 1.61 bits per heavy atom. The van der Waals surface area contributed by atoms with Crippen LogP contribution in [0, 0.1) is 0 Å². The van der Waals surface area contributed by atoms with E-state index in [1.807, 2.05) is 43.3 Å². The quantitative estimate of drug-likeness (QED) is 0.163. The van der Waals surface area contributed by atoms with Crippen molar-refractivity contribution >= 4 is 52.1 Å². The van der Waals surface area contributed by atoms with E-state index >= 15 is 0 Å². The summed E-state index contributed by atoms with van der Waals surface area (Å²) in [4.78, 5) is 19.2. The van der Waals surface area contributed by atoms with E-state index in [0.29, 0.717) is 31.7 Å². The van der Waals surface area contributed by atoms with Gasteiger partial charge in [-0.05, 0) is 56.7 Å². The number of fused-ring (bicyclic) bond motifs is 3. The molecule has 0 aliphatic carbocycles. The van der Waals surface area contributed by atoms with Crippen molar-refractivity contribution in [1.82, 2.24) is 10.2 Å². The molecule has 1 heterocycles. The Balaban J connectivity index is 0.000000241. The highest BCUT2D eigenvalue weighted by Crippen LogP contribution is 2.48. The third-order valence-corrected chi connectivity index (χ3v) is 8.67. The first-order valence-electron chi connectivity index (χ1n) is 15.1. The van der Waals surface area contributed by atoms with Crippen molar-refractivity contribution in [2.24, 2.45) is 0 Å². The summed E-state index contributed by atoms with van der Waals surface area (Å²) < 4.78 is 5.72. The van der Waals surface area contributed by atoms with Gasteiger partial charge >= 0.3 is 0 Å². The predicted molar refractivity (Wildman–Crippen MR) is 188 cm³/mol. The fourth-order valence-corrected chi connectivity index (χ4v) is 5.85. The lowest BCUT2D eigenvalue weighted by molar-refractivity contribution is 0.0988. The first-order chi connectivity index (χ1) is 20.7. The number of nitrogens with zero attached hydrogens (tertiary/aromatic N) is 2. The van der Waals surface area contributed by atoms with Crippen molar-refractivity contribution in [3.63, 3.8) is 0 Å².